The van der Waals surface area contributed by atoms with Crippen LogP contribution in [0.4, 0.5) is 0 Å². The zero-order chi connectivity index (χ0) is 19.9. The molecule has 0 spiro atoms. The number of aromatic amines is 1. The largest absolute Gasteiger partial charge is 0.347 e. The van der Waals surface area contributed by atoms with Crippen LogP contribution in [0.1, 0.15) is 39.9 Å². The van der Waals surface area contributed by atoms with Gasteiger partial charge in [0.05, 0.1) is 5.39 Å². The lowest BCUT2D eigenvalue weighted by Gasteiger charge is -2.08. The summed E-state index contributed by atoms with van der Waals surface area (Å²) in [6.07, 6.45) is 1.44. The molecule has 1 N–H and O–H groups in total. The Hall–Kier alpha value is -2.11. The summed E-state index contributed by atoms with van der Waals surface area (Å²) in [4.78, 5) is 39.0. The molecule has 0 bridgehead atoms. The van der Waals surface area contributed by atoms with E-state index in [0.29, 0.717) is 0 Å². The molecule has 0 unspecified atom stereocenters. The fourth-order valence-corrected chi connectivity index (χ4v) is 2.14. The first-order valence-electron chi connectivity index (χ1n) is 9.20. The van der Waals surface area contributed by atoms with Crippen LogP contribution in [0.5, 0.6) is 0 Å². The lowest BCUT2D eigenvalue weighted by molar-refractivity contribution is -0.117. The summed E-state index contributed by atoms with van der Waals surface area (Å²) < 4.78 is 45.7. The Morgan fingerprint density at radius 2 is 2.20 bits per heavy atom. The molecule has 0 saturated carbocycles. The molecule has 0 fully saturated rings. The molecule has 2 aromatic heterocycles. The van der Waals surface area contributed by atoms with Gasteiger partial charge in [-0.1, -0.05) is 0 Å². The standard InChI is InChI=1S/C14H19N3O3/c1-9-8-15-12-11(9)13(19)17(14(20)16(12)3)7-5-4-6-10(2)18/h8,15H,4-7H2,1-3H3/i1D3,2D3. The van der Waals surface area contributed by atoms with E-state index in [9.17, 15) is 14.4 Å². The Morgan fingerprint density at radius 1 is 1.40 bits per heavy atom. The van der Waals surface area contributed by atoms with E-state index >= 15 is 0 Å². The van der Waals surface area contributed by atoms with E-state index in [0.717, 1.165) is 9.13 Å². The van der Waals surface area contributed by atoms with Gasteiger partial charge in [0, 0.05) is 34.4 Å². The summed E-state index contributed by atoms with van der Waals surface area (Å²) in [6, 6.07) is 0. The molecule has 0 aliphatic heterocycles. The third-order valence-electron chi connectivity index (χ3n) is 3.21. The van der Waals surface area contributed by atoms with Gasteiger partial charge in [-0.25, -0.2) is 4.79 Å². The number of rotatable bonds is 5. The van der Waals surface area contributed by atoms with E-state index in [1.54, 1.807) is 0 Å². The molecule has 2 aromatic rings. The van der Waals surface area contributed by atoms with Crippen molar-refractivity contribution >= 4 is 16.8 Å². The molecule has 0 atom stereocenters. The van der Waals surface area contributed by atoms with E-state index in [1.165, 1.54) is 13.2 Å². The van der Waals surface area contributed by atoms with Crippen molar-refractivity contribution in [3.63, 3.8) is 0 Å². The number of hydrogen-bond acceptors (Lipinski definition) is 3. The van der Waals surface area contributed by atoms with Crippen LogP contribution in [-0.4, -0.2) is 19.9 Å². The zero-order valence-corrected chi connectivity index (χ0v) is 11.0. The minimum absolute atomic E-state index is 0.0403. The number of fused-ring (bicyclic) bond motifs is 1. The lowest BCUT2D eigenvalue weighted by Crippen LogP contribution is -2.39. The lowest BCUT2D eigenvalue weighted by atomic mass is 10.2. The van der Waals surface area contributed by atoms with Gasteiger partial charge in [-0.2, -0.15) is 0 Å². The Morgan fingerprint density at radius 3 is 2.90 bits per heavy atom. The number of hydrogen-bond donors (Lipinski definition) is 1. The molecule has 6 heteroatoms. The Bertz CT molecular complexity index is 948. The number of aromatic nitrogens is 3. The normalized spacial score (nSPS) is 16.9. The molecule has 0 amide bonds. The van der Waals surface area contributed by atoms with Gasteiger partial charge in [0.15, 0.2) is 0 Å². The highest BCUT2D eigenvalue weighted by Gasteiger charge is 2.13. The maximum atomic E-state index is 12.6. The smallest absolute Gasteiger partial charge is 0.332 e. The number of aryl methyl sites for hydroxylation is 2. The zero-order valence-electron chi connectivity index (χ0n) is 17.0. The fourth-order valence-electron chi connectivity index (χ4n) is 2.14. The van der Waals surface area contributed by atoms with Gasteiger partial charge in [0.25, 0.3) is 5.56 Å². The average Bonchev–Trinajstić information content (AvgIpc) is 2.96. The van der Waals surface area contributed by atoms with Gasteiger partial charge in [0.1, 0.15) is 11.4 Å². The van der Waals surface area contributed by atoms with E-state index in [2.05, 4.69) is 4.98 Å². The second-order valence-electron chi connectivity index (χ2n) is 4.60. The van der Waals surface area contributed by atoms with E-state index in [-0.39, 0.29) is 42.4 Å². The Kier molecular flexibility index (Phi) is 2.26. The highest BCUT2D eigenvalue weighted by atomic mass is 16.2. The molecular formula is C14H19N3O3. The number of ketones is 1. The number of nitrogens with one attached hydrogen (secondary N) is 1. The summed E-state index contributed by atoms with van der Waals surface area (Å²) in [5.74, 6) is -0.872. The number of H-pyrrole nitrogens is 1. The van der Waals surface area contributed by atoms with Gasteiger partial charge >= 0.3 is 5.69 Å². The monoisotopic (exact) mass is 283 g/mol. The number of unbranched alkanes of at least 4 members (excludes halogenated alkanes) is 1. The van der Waals surface area contributed by atoms with Crippen molar-refractivity contribution in [2.24, 2.45) is 7.05 Å². The number of Topliss-reactive ketones (excluding diaryl/α,β-unsaturated/α-hetero) is 1. The summed E-state index contributed by atoms with van der Waals surface area (Å²) >= 11 is 0. The van der Waals surface area contributed by atoms with Crippen LogP contribution < -0.4 is 11.2 Å². The van der Waals surface area contributed by atoms with Crippen LogP contribution in [0, 0.1) is 6.85 Å². The second-order valence-corrected chi connectivity index (χ2v) is 4.60. The van der Waals surface area contributed by atoms with Crippen molar-refractivity contribution in [3.8, 4) is 0 Å². The van der Waals surface area contributed by atoms with Crippen LogP contribution in [-0.2, 0) is 18.4 Å². The number of nitrogens with zero attached hydrogens (tertiary/aromatic N) is 2. The molecule has 0 saturated heterocycles. The van der Waals surface area contributed by atoms with Crippen molar-refractivity contribution in [2.75, 3.05) is 0 Å². The second kappa shape index (κ2) is 5.48. The van der Waals surface area contributed by atoms with Gasteiger partial charge in [-0.15, -0.1) is 0 Å². The van der Waals surface area contributed by atoms with Crippen molar-refractivity contribution in [1.82, 2.24) is 14.1 Å². The summed E-state index contributed by atoms with van der Waals surface area (Å²) in [5.41, 5.74) is -1.39. The number of carbonyl (C=O) groups is 1. The van der Waals surface area contributed by atoms with Gasteiger partial charge in [0.2, 0.25) is 0 Å². The SMILES string of the molecule is [2H]C([2H])([2H])C(=O)CCCCn1c(=O)c2c(C([2H])([2H])[2H])c[nH]c2n(C)c1=O. The minimum Gasteiger partial charge on any atom is -0.347 e. The van der Waals surface area contributed by atoms with Crippen LogP contribution in [0.3, 0.4) is 0 Å². The van der Waals surface area contributed by atoms with E-state index in [1.807, 2.05) is 0 Å². The molecule has 20 heavy (non-hydrogen) atoms. The first-order chi connectivity index (χ1) is 11.9. The summed E-state index contributed by atoms with van der Waals surface area (Å²) in [6.45, 7) is -5.22. The molecule has 0 aliphatic carbocycles. The minimum atomic E-state index is -2.66. The average molecular weight is 283 g/mol. The van der Waals surface area contributed by atoms with Crippen LogP contribution in [0.25, 0.3) is 11.0 Å². The van der Waals surface area contributed by atoms with Crippen LogP contribution in [0.15, 0.2) is 15.8 Å². The van der Waals surface area contributed by atoms with Gasteiger partial charge in [-0.05, 0) is 32.1 Å². The van der Waals surface area contributed by atoms with Crippen molar-refractivity contribution in [2.45, 2.75) is 39.5 Å². The molecule has 2 heterocycles. The highest BCUT2D eigenvalue weighted by Crippen LogP contribution is 2.10. The first kappa shape index (κ1) is 8.24. The molecule has 0 radical (unpaired) electrons. The molecule has 2 rings (SSSR count). The van der Waals surface area contributed by atoms with Gasteiger partial charge in [-0.3, -0.25) is 13.9 Å². The Labute approximate surface area is 124 Å². The highest BCUT2D eigenvalue weighted by molar-refractivity contribution is 5.78. The van der Waals surface area contributed by atoms with E-state index in [4.69, 9.17) is 8.22 Å². The predicted octanol–water partition coefficient (Wildman–Crippen LogP) is 1.10. The molecule has 0 aliphatic rings. The summed E-state index contributed by atoms with van der Waals surface area (Å²) in [5, 5.41) is -0.0781. The molecule has 0 aromatic carbocycles. The van der Waals surface area contributed by atoms with Crippen molar-refractivity contribution in [1.29, 1.82) is 0 Å². The van der Waals surface area contributed by atoms with Crippen LogP contribution in [0.2, 0.25) is 0 Å². The quantitative estimate of drug-likeness (QED) is 0.835. The number of carbonyl (C=O) groups excluding carboxylic acids is 1. The Balaban J connectivity index is 2.32. The third kappa shape index (κ3) is 2.45. The predicted molar refractivity (Wildman–Crippen MR) is 77.1 cm³/mol. The van der Waals surface area contributed by atoms with Crippen molar-refractivity contribution in [3.05, 3.63) is 32.6 Å². The van der Waals surface area contributed by atoms with Crippen molar-refractivity contribution < 1.29 is 13.0 Å². The van der Waals surface area contributed by atoms with Crippen LogP contribution >= 0.6 is 0 Å². The first-order valence-corrected chi connectivity index (χ1v) is 6.20. The molecule has 108 valence electrons. The summed E-state index contributed by atoms with van der Waals surface area (Å²) in [7, 11) is 1.42. The van der Waals surface area contributed by atoms with Gasteiger partial charge < -0.3 is 9.78 Å². The molecule has 6 nitrogen and oxygen atoms in total. The third-order valence-corrected chi connectivity index (χ3v) is 3.21. The fraction of sp³-hybridized carbons (Fsp3) is 0.500. The topological polar surface area (TPSA) is 76.9 Å². The van der Waals surface area contributed by atoms with E-state index < -0.39 is 30.7 Å². The maximum absolute atomic E-state index is 12.6. The maximum Gasteiger partial charge on any atom is 0.332 e. The molecular weight excluding hydrogens is 258 g/mol.